The molecule has 4 aromatic rings. The molecule has 0 saturated carbocycles. The molecular formula is C76H144F8O24S4Si4. The van der Waals surface area contributed by atoms with E-state index in [4.69, 9.17) is 17.7 Å². The molecule has 40 heteroatoms. The van der Waals surface area contributed by atoms with Crippen molar-refractivity contribution in [1.82, 2.24) is 0 Å². The molecule has 1 unspecified atom stereocenters. The number of benzene rings is 4. The number of esters is 4. The maximum absolute atomic E-state index is 12.4. The number of rotatable bonds is 31. The SMILES string of the molecule is C.C.C.C.C.C.C.C.CC(=O)OCC(F)(F)S(=O)(=O)[O-].CC(=O)OCC(F)(F)S(=O)(=O)[O-].CCC(=O)OCC(F)(F)S(=O)(=O)[O-].CCCC(=O)OCC(F)(F)S(=O)(=O)[O-].CO[Si](C)(C)CC(C)c1ccccc1.CO[Si](C)(C)CCc1ccccc1.CO[Si](C)(C)CCc1ccccc1.CO[Si](C)(C)CCc1ccccc1.[CH3+].[CH3+].[CH3+].[CH3+]. The number of hydrogen-bond donors (Lipinski definition) is 0. The maximum atomic E-state index is 12.4. The summed E-state index contributed by atoms with van der Waals surface area (Å²) in [6, 6.07) is 47.3. The third-order valence-corrected chi connectivity index (χ3v) is 27.6. The lowest BCUT2D eigenvalue weighted by atomic mass is 10.0. The van der Waals surface area contributed by atoms with Crippen molar-refractivity contribution in [2.24, 2.45) is 0 Å². The highest BCUT2D eigenvalue weighted by molar-refractivity contribution is 7.87. The second-order valence-electron chi connectivity index (χ2n) is 24.7. The first-order chi connectivity index (χ1) is 47.2. The van der Waals surface area contributed by atoms with Gasteiger partial charge in [0.25, 0.3) is 0 Å². The van der Waals surface area contributed by atoms with E-state index in [1.54, 1.807) is 6.92 Å². The molecule has 24 nitrogen and oxygen atoms in total. The molecule has 0 bridgehead atoms. The van der Waals surface area contributed by atoms with Crippen LogP contribution in [-0.4, -0.2) is 185 Å². The highest BCUT2D eigenvalue weighted by Gasteiger charge is 2.42. The molecule has 0 spiro atoms. The topological polar surface area (TPSA) is 371 Å². The van der Waals surface area contributed by atoms with Crippen molar-refractivity contribution in [1.29, 1.82) is 0 Å². The predicted molar refractivity (Wildman–Crippen MR) is 461 cm³/mol. The van der Waals surface area contributed by atoms with Crippen LogP contribution in [0.25, 0.3) is 0 Å². The first-order valence-corrected chi connectivity index (χ1v) is 49.6. The Morgan fingerprint density at radius 3 is 0.767 bits per heavy atom. The number of halogens is 8. The summed E-state index contributed by atoms with van der Waals surface area (Å²) in [5.74, 6) is -3.52. The Labute approximate surface area is 700 Å². The van der Waals surface area contributed by atoms with Crippen molar-refractivity contribution in [3.8, 4) is 0 Å². The van der Waals surface area contributed by atoms with Gasteiger partial charge in [-0.1, -0.05) is 202 Å². The summed E-state index contributed by atoms with van der Waals surface area (Å²) in [4.78, 5) is 40.8. The molecule has 4 aromatic carbocycles. The lowest BCUT2D eigenvalue weighted by molar-refractivity contribution is -0.150. The van der Waals surface area contributed by atoms with E-state index in [2.05, 4.69) is 200 Å². The summed E-state index contributed by atoms with van der Waals surface area (Å²) in [5, 5.41) is -18.2. The molecule has 0 aromatic heterocycles. The van der Waals surface area contributed by atoms with E-state index in [0.717, 1.165) is 33.1 Å². The molecule has 4 rings (SSSR count). The molecule has 0 heterocycles. The van der Waals surface area contributed by atoms with E-state index in [1.165, 1.54) is 53.4 Å². The van der Waals surface area contributed by atoms with E-state index >= 15 is 0 Å². The maximum Gasteiger partial charge on any atom is 0.367 e. The molecule has 0 saturated heterocycles. The normalized spacial score (nSPS) is 11.1. The Balaban J connectivity index is -0.0000000694. The van der Waals surface area contributed by atoms with Crippen LogP contribution in [0, 0.1) is 29.7 Å². The van der Waals surface area contributed by atoms with Gasteiger partial charge in [-0.2, -0.15) is 35.1 Å². The quantitative estimate of drug-likeness (QED) is 0.0113. The molecule has 0 amide bonds. The van der Waals surface area contributed by atoms with Gasteiger partial charge in [-0.05, 0) is 130 Å². The van der Waals surface area contributed by atoms with Crippen LogP contribution in [0.3, 0.4) is 0 Å². The summed E-state index contributed by atoms with van der Waals surface area (Å²) in [6.07, 6.45) is 3.55. The van der Waals surface area contributed by atoms with Gasteiger partial charge in [0, 0.05) is 84.8 Å². The zero-order valence-corrected chi connectivity index (χ0v) is 72.7. The summed E-state index contributed by atoms with van der Waals surface area (Å²) >= 11 is 0. The Hall–Kier alpha value is -5.97. The van der Waals surface area contributed by atoms with Gasteiger partial charge >= 0.3 is 44.9 Å². The number of ether oxygens (including phenoxy) is 4. The third kappa shape index (κ3) is 73.2. The first kappa shape index (κ1) is 148. The third-order valence-electron chi connectivity index (χ3n) is 13.8. The predicted octanol–water partition coefficient (Wildman–Crippen LogP) is 19.7. The van der Waals surface area contributed by atoms with Crippen LogP contribution in [0.4, 0.5) is 35.1 Å². The molecular weight excluding hydrogens is 1690 g/mol. The average Bonchev–Trinajstić information content (AvgIpc) is 0.855. The second kappa shape index (κ2) is 69.8. The summed E-state index contributed by atoms with van der Waals surface area (Å²) in [7, 11) is -21.2. The van der Waals surface area contributed by atoms with E-state index in [9.17, 15) is 106 Å². The zero-order chi connectivity index (χ0) is 81.9. The van der Waals surface area contributed by atoms with Crippen molar-refractivity contribution < 1.29 is 143 Å². The Morgan fingerprint density at radius 2 is 0.578 bits per heavy atom. The second-order valence-corrected chi connectivity index (χ2v) is 48.3. The fourth-order valence-corrected chi connectivity index (χ4v) is 12.6. The summed E-state index contributed by atoms with van der Waals surface area (Å²) in [5.41, 5.74) is 5.67. The molecule has 0 aliphatic heterocycles. The van der Waals surface area contributed by atoms with Gasteiger partial charge in [-0.25, -0.2) is 33.7 Å². The Kier molecular flexibility index (Phi) is 89.0. The minimum atomic E-state index is -5.77. The standard InChI is InChI=1S/C12H20OSi.3C11H18OSi.C6H10F2O5S.C5H8F2O5S.2C4H6F2O5S.8CH4.4CH3/c1-11(10-14(3,4)13-2)12-8-6-5-7-9-12;3*1-12-13(2,3)10-9-11-7-5-4-6-8-11;1-2-3-5(9)13-4-6(7,8)14(10,11)12;1-2-4(8)12-3-5(6,7)13(9,10)11;2*1-3(7)11-2-4(5,6)12(8,9)10;;;;;;;;;;;;/h5-9,11H,10H2,1-4H3;3*4-8H,9-10H2,1-3H3;2-4H2,1H3,(H,10,11,12);2-3H2,1H3,(H,9,10,11);2*2H2,1H3,(H,8,9,10);8*1H4;4*1H3/q;;;;;;;;;;;;;;;;4*+1/p-4. The van der Waals surface area contributed by atoms with E-state index in [-0.39, 0.29) is 102 Å². The van der Waals surface area contributed by atoms with Crippen LogP contribution >= 0.6 is 0 Å². The van der Waals surface area contributed by atoms with Gasteiger partial charge in [-0.3, -0.25) is 19.2 Å². The molecule has 0 aliphatic rings. The smallest absolute Gasteiger partial charge is 0.367 e. The van der Waals surface area contributed by atoms with Gasteiger partial charge in [0.1, 0.15) is 0 Å². The number of aryl methyl sites for hydroxylation is 3. The number of carbonyl (C=O) groups is 4. The van der Waals surface area contributed by atoms with Crippen molar-refractivity contribution in [3.63, 3.8) is 0 Å². The van der Waals surface area contributed by atoms with Crippen LogP contribution in [0.15, 0.2) is 121 Å². The number of alkyl halides is 8. The highest BCUT2D eigenvalue weighted by Crippen LogP contribution is 2.27. The van der Waals surface area contributed by atoms with Crippen molar-refractivity contribution in [2.75, 3.05) is 54.9 Å². The molecule has 116 heavy (non-hydrogen) atoms. The van der Waals surface area contributed by atoms with Crippen LogP contribution in [0.1, 0.15) is 141 Å². The van der Waals surface area contributed by atoms with Crippen LogP contribution in [0.2, 0.25) is 76.6 Å². The van der Waals surface area contributed by atoms with Crippen LogP contribution < -0.4 is 0 Å². The van der Waals surface area contributed by atoms with Gasteiger partial charge in [-0.15, -0.1) is 0 Å². The molecule has 0 aliphatic carbocycles. The monoisotopic (exact) mass is 1830 g/mol. The Morgan fingerprint density at radius 1 is 0.371 bits per heavy atom. The molecule has 0 radical (unpaired) electrons. The number of carbonyl (C=O) groups excluding carboxylic acids is 4. The fraction of sp³-hybridized carbons (Fsp3) is 0.579. The summed E-state index contributed by atoms with van der Waals surface area (Å²) in [6.45, 7) is 18.0. The lowest BCUT2D eigenvalue weighted by Crippen LogP contribution is -2.34. The Bertz CT molecular complexity index is 3360. The van der Waals surface area contributed by atoms with Crippen molar-refractivity contribution in [2.45, 2.75) is 236 Å². The van der Waals surface area contributed by atoms with Gasteiger partial charge in [0.05, 0.1) is 0 Å². The largest absolute Gasteiger partial charge is 0.743 e. The van der Waals surface area contributed by atoms with Gasteiger partial charge < -0.3 is 54.9 Å². The van der Waals surface area contributed by atoms with Crippen LogP contribution in [-0.2, 0) is 116 Å². The first-order valence-electron chi connectivity index (χ1n) is 31.5. The fourth-order valence-electron chi connectivity index (χ4n) is 6.66. The van der Waals surface area contributed by atoms with E-state index in [1.807, 2.05) is 28.4 Å². The molecule has 0 fully saturated rings. The average molecular weight is 1830 g/mol. The van der Waals surface area contributed by atoms with Crippen LogP contribution in [0.5, 0.6) is 0 Å². The molecule has 0 N–H and O–H groups in total. The number of hydrogen-bond acceptors (Lipinski definition) is 24. The highest BCUT2D eigenvalue weighted by atomic mass is 32.2. The van der Waals surface area contributed by atoms with E-state index in [0.29, 0.717) is 12.3 Å². The molecule has 688 valence electrons. The van der Waals surface area contributed by atoms with Crippen molar-refractivity contribution >= 4 is 97.6 Å². The minimum Gasteiger partial charge on any atom is -0.743 e. The summed E-state index contributed by atoms with van der Waals surface area (Å²) < 4.78 is 253. The minimum absolute atomic E-state index is 0. The van der Waals surface area contributed by atoms with Gasteiger partial charge in [0.2, 0.25) is 0 Å². The van der Waals surface area contributed by atoms with Crippen molar-refractivity contribution in [3.05, 3.63) is 173 Å². The van der Waals surface area contributed by atoms with Gasteiger partial charge in [0.15, 0.2) is 100 Å². The zero-order valence-electron chi connectivity index (χ0n) is 65.5. The molecule has 1 atom stereocenters. The van der Waals surface area contributed by atoms with E-state index < -0.39 is 145 Å². The lowest BCUT2D eigenvalue weighted by Gasteiger charge is -2.24.